The van der Waals surface area contributed by atoms with Crippen molar-refractivity contribution in [2.45, 2.75) is 78.3 Å². The Labute approximate surface area is 223 Å². The summed E-state index contributed by atoms with van der Waals surface area (Å²) in [5.41, 5.74) is 10.9. The van der Waals surface area contributed by atoms with Gasteiger partial charge in [0.05, 0.1) is 0 Å². The lowest BCUT2D eigenvalue weighted by atomic mass is 9.88. The van der Waals surface area contributed by atoms with Gasteiger partial charge in [0.1, 0.15) is 11.6 Å². The van der Waals surface area contributed by atoms with Gasteiger partial charge < -0.3 is 26.2 Å². The maximum atomic E-state index is 13.0. The summed E-state index contributed by atoms with van der Waals surface area (Å²) in [5, 5.41) is 7.05. The first-order chi connectivity index (χ1) is 18.1. The van der Waals surface area contributed by atoms with E-state index in [1.165, 1.54) is 43.2 Å². The molecule has 1 amide bonds. The zero-order valence-electron chi connectivity index (χ0n) is 22.9. The third-order valence-electron chi connectivity index (χ3n) is 7.89. The van der Waals surface area contributed by atoms with E-state index in [2.05, 4.69) is 58.5 Å². The van der Waals surface area contributed by atoms with Crippen LogP contribution in [0.4, 0.5) is 17.3 Å². The van der Waals surface area contributed by atoms with Crippen LogP contribution in [0, 0.1) is 5.92 Å². The van der Waals surface area contributed by atoms with E-state index in [0.717, 1.165) is 81.4 Å². The van der Waals surface area contributed by atoms with Gasteiger partial charge in [0.2, 0.25) is 5.91 Å². The van der Waals surface area contributed by atoms with Gasteiger partial charge in [-0.1, -0.05) is 63.8 Å². The minimum absolute atomic E-state index is 0.236. The Morgan fingerprint density at radius 1 is 1.00 bits per heavy atom. The molecule has 4 rings (SSSR count). The number of hydrogen-bond acceptors (Lipinski definition) is 6. The number of piperazine rings is 1. The number of unbranched alkanes of at least 4 members (excludes halogenated alkanes) is 1. The summed E-state index contributed by atoms with van der Waals surface area (Å²) in [6, 6.07) is 10.8. The summed E-state index contributed by atoms with van der Waals surface area (Å²) in [6.45, 7) is 10.1. The molecule has 0 atom stereocenters. The largest absolute Gasteiger partial charge is 0.398 e. The normalized spacial score (nSPS) is 16.7. The third kappa shape index (κ3) is 7.37. The Kier molecular flexibility index (Phi) is 10.1. The average Bonchev–Trinajstić information content (AvgIpc) is 2.95. The zero-order valence-corrected chi connectivity index (χ0v) is 22.9. The topological polar surface area (TPSA) is 86.5 Å². The van der Waals surface area contributed by atoms with Crippen LogP contribution in [-0.4, -0.2) is 48.5 Å². The molecule has 1 aromatic carbocycles. The van der Waals surface area contributed by atoms with E-state index in [-0.39, 0.29) is 5.92 Å². The molecule has 2 aliphatic rings. The Bertz CT molecular complexity index is 994. The molecule has 1 saturated carbocycles. The van der Waals surface area contributed by atoms with Crippen LogP contribution >= 0.6 is 0 Å². The summed E-state index contributed by atoms with van der Waals surface area (Å²) >= 11 is 0. The number of rotatable bonds is 11. The smallest absolute Gasteiger partial charge is 0.225 e. The predicted octanol–water partition coefficient (Wildman–Crippen LogP) is 4.96. The minimum atomic E-state index is 0.236. The summed E-state index contributed by atoms with van der Waals surface area (Å²) in [4.78, 5) is 22.3. The van der Waals surface area contributed by atoms with Gasteiger partial charge in [0.15, 0.2) is 0 Å². The molecule has 4 N–H and O–H groups in total. The van der Waals surface area contributed by atoms with Crippen LogP contribution in [0.15, 0.2) is 30.3 Å². The molecule has 202 valence electrons. The first kappa shape index (κ1) is 27.2. The fraction of sp³-hybridized carbons (Fsp3) is 0.600. The van der Waals surface area contributed by atoms with Crippen molar-refractivity contribution in [3.05, 3.63) is 47.0 Å². The van der Waals surface area contributed by atoms with Crippen LogP contribution in [0.1, 0.15) is 75.5 Å². The Hall–Kier alpha value is -2.80. The van der Waals surface area contributed by atoms with Gasteiger partial charge in [-0.15, -0.1) is 0 Å². The summed E-state index contributed by atoms with van der Waals surface area (Å²) < 4.78 is 0. The highest BCUT2D eigenvalue weighted by molar-refractivity contribution is 5.79. The zero-order chi connectivity index (χ0) is 26.0. The minimum Gasteiger partial charge on any atom is -0.398 e. The first-order valence-electron chi connectivity index (χ1n) is 14.4. The van der Waals surface area contributed by atoms with Crippen molar-refractivity contribution in [2.24, 2.45) is 5.92 Å². The van der Waals surface area contributed by atoms with Gasteiger partial charge in [0.25, 0.3) is 0 Å². The maximum Gasteiger partial charge on any atom is 0.225 e. The van der Waals surface area contributed by atoms with Gasteiger partial charge in [-0.3, -0.25) is 4.79 Å². The number of benzene rings is 1. The number of anilines is 3. The second kappa shape index (κ2) is 13.7. The van der Waals surface area contributed by atoms with E-state index in [0.29, 0.717) is 12.5 Å². The van der Waals surface area contributed by atoms with Crippen molar-refractivity contribution in [2.75, 3.05) is 48.7 Å². The molecule has 2 fully saturated rings. The molecule has 1 aliphatic heterocycles. The lowest BCUT2D eigenvalue weighted by molar-refractivity contribution is -0.136. The summed E-state index contributed by atoms with van der Waals surface area (Å²) in [6.07, 6.45) is 9.04. The van der Waals surface area contributed by atoms with Crippen LogP contribution in [0.5, 0.6) is 0 Å². The number of carbonyl (C=O) groups excluding carboxylic acids is 1. The molecule has 2 aromatic rings. The maximum absolute atomic E-state index is 13.0. The Morgan fingerprint density at radius 3 is 2.32 bits per heavy atom. The Morgan fingerprint density at radius 2 is 1.68 bits per heavy atom. The molecule has 7 heteroatoms. The van der Waals surface area contributed by atoms with E-state index in [1.54, 1.807) is 0 Å². The molecule has 0 radical (unpaired) electrons. The molecule has 1 aliphatic carbocycles. The van der Waals surface area contributed by atoms with Gasteiger partial charge in [0, 0.05) is 62.5 Å². The molecule has 37 heavy (non-hydrogen) atoms. The second-order valence-corrected chi connectivity index (χ2v) is 10.6. The fourth-order valence-corrected chi connectivity index (χ4v) is 5.52. The number of nitrogens with two attached hydrogens (primary N) is 1. The third-order valence-corrected chi connectivity index (χ3v) is 7.89. The van der Waals surface area contributed by atoms with Crippen LogP contribution < -0.4 is 21.3 Å². The molecule has 1 saturated heterocycles. The monoisotopic (exact) mass is 506 g/mol. The quantitative estimate of drug-likeness (QED) is 0.374. The molecular formula is C30H46N6O. The van der Waals surface area contributed by atoms with Crippen molar-refractivity contribution in [3.8, 4) is 0 Å². The molecule has 1 aromatic heterocycles. The number of carbonyl (C=O) groups is 1. The van der Waals surface area contributed by atoms with Gasteiger partial charge >= 0.3 is 0 Å². The summed E-state index contributed by atoms with van der Waals surface area (Å²) in [5.74, 6) is 2.36. The van der Waals surface area contributed by atoms with E-state index >= 15 is 0 Å². The number of hydrogen-bond donors (Lipinski definition) is 3. The number of amides is 1. The van der Waals surface area contributed by atoms with Crippen molar-refractivity contribution in [1.82, 2.24) is 15.2 Å². The molecule has 7 nitrogen and oxygen atoms in total. The summed E-state index contributed by atoms with van der Waals surface area (Å²) in [7, 11) is 0. The molecule has 2 heterocycles. The van der Waals surface area contributed by atoms with Crippen molar-refractivity contribution >= 4 is 23.2 Å². The van der Waals surface area contributed by atoms with Crippen LogP contribution in [0.25, 0.3) is 0 Å². The number of nitrogens with one attached hydrogen (secondary N) is 2. The number of nitrogens with zero attached hydrogens (tertiary/aromatic N) is 3. The predicted molar refractivity (Wildman–Crippen MR) is 154 cm³/mol. The average molecular weight is 507 g/mol. The lowest BCUT2D eigenvalue weighted by Gasteiger charge is -2.38. The highest BCUT2D eigenvalue weighted by Crippen LogP contribution is 2.29. The van der Waals surface area contributed by atoms with Crippen LogP contribution in [-0.2, 0) is 24.3 Å². The van der Waals surface area contributed by atoms with E-state index in [9.17, 15) is 4.79 Å². The SMILES string of the molecule is CCCCNCc1ccc(CNc2nc(N3CCN(C(=O)C4CCCCC4)CC3)cc(N)c2CC)cc1. The highest BCUT2D eigenvalue weighted by Gasteiger charge is 2.29. The van der Waals surface area contributed by atoms with Gasteiger partial charge in [-0.05, 0) is 43.4 Å². The molecule has 0 spiro atoms. The van der Waals surface area contributed by atoms with Crippen LogP contribution in [0.3, 0.4) is 0 Å². The molecule has 0 bridgehead atoms. The molecule has 0 unspecified atom stereocenters. The number of nitrogen functional groups attached to an aromatic ring is 1. The fourth-order valence-electron chi connectivity index (χ4n) is 5.52. The van der Waals surface area contributed by atoms with Crippen LogP contribution in [0.2, 0.25) is 0 Å². The lowest BCUT2D eigenvalue weighted by Crippen LogP contribution is -2.50. The highest BCUT2D eigenvalue weighted by atomic mass is 16.2. The van der Waals surface area contributed by atoms with E-state index in [1.807, 2.05) is 6.07 Å². The molecular weight excluding hydrogens is 460 g/mol. The second-order valence-electron chi connectivity index (χ2n) is 10.6. The van der Waals surface area contributed by atoms with Crippen molar-refractivity contribution in [1.29, 1.82) is 0 Å². The first-order valence-corrected chi connectivity index (χ1v) is 14.4. The Balaban J connectivity index is 1.35. The van der Waals surface area contributed by atoms with E-state index < -0.39 is 0 Å². The van der Waals surface area contributed by atoms with E-state index in [4.69, 9.17) is 10.7 Å². The van der Waals surface area contributed by atoms with Gasteiger partial charge in [-0.25, -0.2) is 4.98 Å². The standard InChI is InChI=1S/C30H46N6O/c1-3-5-15-32-21-23-11-13-24(14-12-23)22-33-29-26(4-2)27(31)20-28(34-29)35-16-18-36(19-17-35)30(37)25-9-7-6-8-10-25/h11-14,20,25,32H,3-10,15-19,21-22H2,1-2H3,(H3,31,33,34). The van der Waals surface area contributed by atoms with Gasteiger partial charge in [-0.2, -0.15) is 0 Å². The number of aromatic nitrogens is 1. The van der Waals surface area contributed by atoms with Crippen molar-refractivity contribution in [3.63, 3.8) is 0 Å². The number of pyridine rings is 1. The van der Waals surface area contributed by atoms with Crippen molar-refractivity contribution < 1.29 is 4.79 Å².